The summed E-state index contributed by atoms with van der Waals surface area (Å²) < 4.78 is 2.57. The summed E-state index contributed by atoms with van der Waals surface area (Å²) in [5, 5.41) is 16.2. The molecule has 0 aliphatic rings. The fourth-order valence-electron chi connectivity index (χ4n) is 1.48. The largest absolute Gasteiger partial charge is 0.381 e. The van der Waals surface area contributed by atoms with Gasteiger partial charge in [-0.2, -0.15) is 10.4 Å². The standard InChI is InChI=1S/C12H11BrN4/c1-17-8-9(7-16-17)6-15-11-3-2-10(5-14)12(13)4-11/h2-4,7-8,15H,6H2,1H3. The van der Waals surface area contributed by atoms with Gasteiger partial charge >= 0.3 is 0 Å². The van der Waals surface area contributed by atoms with E-state index >= 15 is 0 Å². The number of nitrogens with zero attached hydrogens (tertiary/aromatic N) is 3. The molecule has 0 fully saturated rings. The summed E-state index contributed by atoms with van der Waals surface area (Å²) >= 11 is 3.36. The van der Waals surface area contributed by atoms with E-state index in [-0.39, 0.29) is 0 Å². The first-order valence-electron chi connectivity index (χ1n) is 5.10. The number of hydrogen-bond donors (Lipinski definition) is 1. The third kappa shape index (κ3) is 2.86. The fraction of sp³-hybridized carbons (Fsp3) is 0.167. The fourth-order valence-corrected chi connectivity index (χ4v) is 1.95. The van der Waals surface area contributed by atoms with Crippen LogP contribution in [-0.2, 0) is 13.6 Å². The first kappa shape index (κ1) is 11.7. The van der Waals surface area contributed by atoms with Crippen LogP contribution >= 0.6 is 15.9 Å². The van der Waals surface area contributed by atoms with Gasteiger partial charge in [0.05, 0.1) is 11.8 Å². The molecule has 0 unspecified atom stereocenters. The number of benzene rings is 1. The summed E-state index contributed by atoms with van der Waals surface area (Å²) in [6.07, 6.45) is 3.79. The minimum Gasteiger partial charge on any atom is -0.381 e. The molecule has 17 heavy (non-hydrogen) atoms. The molecule has 0 aliphatic heterocycles. The number of rotatable bonds is 3. The number of nitriles is 1. The second-order valence-electron chi connectivity index (χ2n) is 3.68. The van der Waals surface area contributed by atoms with Crippen LogP contribution in [-0.4, -0.2) is 9.78 Å². The zero-order valence-electron chi connectivity index (χ0n) is 9.31. The second kappa shape index (κ2) is 5.02. The Morgan fingerprint density at radius 1 is 1.53 bits per heavy atom. The van der Waals surface area contributed by atoms with Crippen LogP contribution in [0.4, 0.5) is 5.69 Å². The average molecular weight is 291 g/mol. The molecule has 1 aromatic carbocycles. The van der Waals surface area contributed by atoms with Crippen molar-refractivity contribution in [3.8, 4) is 6.07 Å². The molecule has 86 valence electrons. The lowest BCUT2D eigenvalue weighted by atomic mass is 10.2. The van der Waals surface area contributed by atoms with Gasteiger partial charge in [-0.25, -0.2) is 0 Å². The summed E-state index contributed by atoms with van der Waals surface area (Å²) in [5.74, 6) is 0. The lowest BCUT2D eigenvalue weighted by Crippen LogP contribution is -1.98. The van der Waals surface area contributed by atoms with Crippen molar-refractivity contribution in [2.24, 2.45) is 7.05 Å². The molecular weight excluding hydrogens is 280 g/mol. The third-order valence-corrected chi connectivity index (χ3v) is 3.00. The van der Waals surface area contributed by atoms with Gasteiger partial charge < -0.3 is 5.32 Å². The van der Waals surface area contributed by atoms with Crippen LogP contribution in [0.3, 0.4) is 0 Å². The molecule has 1 aromatic heterocycles. The molecule has 0 amide bonds. The van der Waals surface area contributed by atoms with Crippen molar-refractivity contribution in [3.63, 3.8) is 0 Å². The molecule has 2 rings (SSSR count). The normalized spacial score (nSPS) is 9.94. The number of hydrogen-bond acceptors (Lipinski definition) is 3. The van der Waals surface area contributed by atoms with Crippen molar-refractivity contribution in [2.75, 3.05) is 5.32 Å². The van der Waals surface area contributed by atoms with E-state index in [1.807, 2.05) is 31.6 Å². The van der Waals surface area contributed by atoms with Crippen LogP contribution in [0.1, 0.15) is 11.1 Å². The molecule has 0 atom stereocenters. The number of aromatic nitrogens is 2. The van der Waals surface area contributed by atoms with E-state index in [9.17, 15) is 0 Å². The quantitative estimate of drug-likeness (QED) is 0.946. The zero-order valence-corrected chi connectivity index (χ0v) is 10.9. The highest BCUT2D eigenvalue weighted by Crippen LogP contribution is 2.21. The number of anilines is 1. The Morgan fingerprint density at radius 2 is 2.35 bits per heavy atom. The van der Waals surface area contributed by atoms with E-state index in [0.717, 1.165) is 15.7 Å². The molecule has 0 saturated heterocycles. The van der Waals surface area contributed by atoms with Gasteiger partial charge in [-0.3, -0.25) is 4.68 Å². The highest BCUT2D eigenvalue weighted by atomic mass is 79.9. The molecule has 0 aliphatic carbocycles. The molecule has 0 spiro atoms. The van der Waals surface area contributed by atoms with Gasteiger partial charge in [0, 0.05) is 35.5 Å². The van der Waals surface area contributed by atoms with Crippen LogP contribution in [0.25, 0.3) is 0 Å². The van der Waals surface area contributed by atoms with Crippen molar-refractivity contribution in [1.82, 2.24) is 9.78 Å². The summed E-state index contributed by atoms with van der Waals surface area (Å²) in [6.45, 7) is 0.714. The van der Waals surface area contributed by atoms with Crippen LogP contribution in [0.2, 0.25) is 0 Å². The Balaban J connectivity index is 2.05. The van der Waals surface area contributed by atoms with Crippen LogP contribution in [0, 0.1) is 11.3 Å². The van der Waals surface area contributed by atoms with Gasteiger partial charge in [0.15, 0.2) is 0 Å². The average Bonchev–Trinajstić information content (AvgIpc) is 2.73. The summed E-state index contributed by atoms with van der Waals surface area (Å²) in [4.78, 5) is 0. The minimum atomic E-state index is 0.636. The molecule has 2 aromatic rings. The Labute approximate surface area is 108 Å². The van der Waals surface area contributed by atoms with Crippen LogP contribution in [0.15, 0.2) is 35.1 Å². The topological polar surface area (TPSA) is 53.6 Å². The van der Waals surface area contributed by atoms with Crippen molar-refractivity contribution in [3.05, 3.63) is 46.2 Å². The smallest absolute Gasteiger partial charge is 0.100 e. The molecule has 1 N–H and O–H groups in total. The molecule has 4 nitrogen and oxygen atoms in total. The summed E-state index contributed by atoms with van der Waals surface area (Å²) in [7, 11) is 1.89. The summed E-state index contributed by atoms with van der Waals surface area (Å²) in [5.41, 5.74) is 2.73. The minimum absolute atomic E-state index is 0.636. The SMILES string of the molecule is Cn1cc(CNc2ccc(C#N)c(Br)c2)cn1. The lowest BCUT2D eigenvalue weighted by molar-refractivity contribution is 0.767. The van der Waals surface area contributed by atoms with E-state index in [4.69, 9.17) is 5.26 Å². The number of nitrogens with one attached hydrogen (secondary N) is 1. The van der Waals surface area contributed by atoms with Gasteiger partial charge in [-0.15, -0.1) is 0 Å². The van der Waals surface area contributed by atoms with Crippen molar-refractivity contribution in [2.45, 2.75) is 6.54 Å². The maximum Gasteiger partial charge on any atom is 0.100 e. The summed E-state index contributed by atoms with van der Waals surface area (Å²) in [6, 6.07) is 7.69. The van der Waals surface area contributed by atoms with Gasteiger partial charge in [0.25, 0.3) is 0 Å². The van der Waals surface area contributed by atoms with Crippen LogP contribution < -0.4 is 5.32 Å². The molecule has 0 saturated carbocycles. The Bertz CT molecular complexity index is 568. The number of aryl methyl sites for hydroxylation is 1. The van der Waals surface area contributed by atoms with E-state index < -0.39 is 0 Å². The van der Waals surface area contributed by atoms with Crippen molar-refractivity contribution < 1.29 is 0 Å². The Morgan fingerprint density at radius 3 is 2.94 bits per heavy atom. The first-order valence-corrected chi connectivity index (χ1v) is 5.89. The second-order valence-corrected chi connectivity index (χ2v) is 4.54. The molecule has 1 heterocycles. The van der Waals surface area contributed by atoms with Gasteiger partial charge in [-0.1, -0.05) is 0 Å². The Kier molecular flexibility index (Phi) is 3.45. The van der Waals surface area contributed by atoms with E-state index in [2.05, 4.69) is 32.4 Å². The maximum absolute atomic E-state index is 8.81. The maximum atomic E-state index is 8.81. The van der Waals surface area contributed by atoms with Crippen molar-refractivity contribution in [1.29, 1.82) is 5.26 Å². The molecular formula is C12H11BrN4. The predicted molar refractivity (Wildman–Crippen MR) is 69.4 cm³/mol. The van der Waals surface area contributed by atoms with E-state index in [1.54, 1.807) is 10.7 Å². The molecule has 5 heteroatoms. The van der Waals surface area contributed by atoms with E-state index in [0.29, 0.717) is 12.1 Å². The monoisotopic (exact) mass is 290 g/mol. The van der Waals surface area contributed by atoms with E-state index in [1.165, 1.54) is 0 Å². The highest BCUT2D eigenvalue weighted by molar-refractivity contribution is 9.10. The third-order valence-electron chi connectivity index (χ3n) is 2.34. The van der Waals surface area contributed by atoms with Gasteiger partial charge in [0.2, 0.25) is 0 Å². The zero-order chi connectivity index (χ0) is 12.3. The van der Waals surface area contributed by atoms with Crippen molar-refractivity contribution >= 4 is 21.6 Å². The lowest BCUT2D eigenvalue weighted by Gasteiger charge is -2.05. The number of halogens is 1. The molecule has 0 radical (unpaired) electrons. The Hall–Kier alpha value is -1.80. The molecule has 0 bridgehead atoms. The van der Waals surface area contributed by atoms with Gasteiger partial charge in [0.1, 0.15) is 6.07 Å². The van der Waals surface area contributed by atoms with Gasteiger partial charge in [-0.05, 0) is 34.1 Å². The van der Waals surface area contributed by atoms with Crippen LogP contribution in [0.5, 0.6) is 0 Å². The predicted octanol–water partition coefficient (Wildman–Crippen LogP) is 2.67. The first-order chi connectivity index (χ1) is 8.19. The highest BCUT2D eigenvalue weighted by Gasteiger charge is 2.01.